The van der Waals surface area contributed by atoms with Gasteiger partial charge >= 0.3 is 5.69 Å². The van der Waals surface area contributed by atoms with Crippen LogP contribution in [0.2, 0.25) is 0 Å². The van der Waals surface area contributed by atoms with E-state index in [-0.39, 0.29) is 11.2 Å². The minimum atomic E-state index is -0.258. The van der Waals surface area contributed by atoms with Gasteiger partial charge in [-0.05, 0) is 25.9 Å². The van der Waals surface area contributed by atoms with Crippen LogP contribution in [-0.2, 0) is 20.5 Å². The summed E-state index contributed by atoms with van der Waals surface area (Å²) in [7, 11) is 3.19. The lowest BCUT2D eigenvalue weighted by molar-refractivity contribution is 0.614. The first-order valence-electron chi connectivity index (χ1n) is 5.54. The van der Waals surface area contributed by atoms with Crippen LogP contribution in [0.25, 0.3) is 0 Å². The predicted octanol–water partition coefficient (Wildman–Crippen LogP) is -0.374. The average molecular weight is 225 g/mol. The van der Waals surface area contributed by atoms with E-state index in [9.17, 15) is 9.59 Å². The van der Waals surface area contributed by atoms with Crippen LogP contribution in [0.1, 0.15) is 19.0 Å². The van der Waals surface area contributed by atoms with Gasteiger partial charge in [0.25, 0.3) is 5.56 Å². The second kappa shape index (κ2) is 5.65. The van der Waals surface area contributed by atoms with E-state index in [1.165, 1.54) is 17.7 Å². The standard InChI is InChI=1S/C11H19N3O2/c1-4-12-7-5-6-9-8-10(15)14(3)11(16)13(9)2/h8,12H,4-7H2,1-3H3. The van der Waals surface area contributed by atoms with Crippen LogP contribution in [0.5, 0.6) is 0 Å². The van der Waals surface area contributed by atoms with Crippen molar-refractivity contribution in [3.05, 3.63) is 32.6 Å². The van der Waals surface area contributed by atoms with Gasteiger partial charge in [0.1, 0.15) is 0 Å². The van der Waals surface area contributed by atoms with E-state index in [0.29, 0.717) is 0 Å². The number of nitrogens with one attached hydrogen (secondary N) is 1. The van der Waals surface area contributed by atoms with Crippen molar-refractivity contribution in [2.75, 3.05) is 13.1 Å². The molecule has 0 amide bonds. The van der Waals surface area contributed by atoms with Gasteiger partial charge in [-0.25, -0.2) is 4.79 Å². The zero-order valence-corrected chi connectivity index (χ0v) is 10.1. The number of aromatic nitrogens is 2. The third kappa shape index (κ3) is 2.82. The molecule has 90 valence electrons. The van der Waals surface area contributed by atoms with E-state index in [2.05, 4.69) is 5.32 Å². The van der Waals surface area contributed by atoms with Crippen LogP contribution in [0, 0.1) is 0 Å². The summed E-state index contributed by atoms with van der Waals surface area (Å²) < 4.78 is 2.65. The van der Waals surface area contributed by atoms with E-state index in [4.69, 9.17) is 0 Å². The molecule has 1 aromatic rings. The van der Waals surface area contributed by atoms with Crippen molar-refractivity contribution < 1.29 is 0 Å². The largest absolute Gasteiger partial charge is 0.330 e. The van der Waals surface area contributed by atoms with E-state index >= 15 is 0 Å². The third-order valence-electron chi connectivity index (χ3n) is 2.66. The molecule has 5 nitrogen and oxygen atoms in total. The van der Waals surface area contributed by atoms with Crippen LogP contribution < -0.4 is 16.6 Å². The van der Waals surface area contributed by atoms with Crippen LogP contribution in [0.4, 0.5) is 0 Å². The molecule has 0 saturated heterocycles. The van der Waals surface area contributed by atoms with Gasteiger partial charge in [-0.3, -0.25) is 9.36 Å². The molecule has 1 rings (SSSR count). The maximum atomic E-state index is 11.6. The summed E-state index contributed by atoms with van der Waals surface area (Å²) in [6.07, 6.45) is 1.67. The monoisotopic (exact) mass is 225 g/mol. The molecule has 0 aliphatic rings. The minimum Gasteiger partial charge on any atom is -0.317 e. The number of aryl methyl sites for hydroxylation is 1. The number of hydrogen-bond acceptors (Lipinski definition) is 3. The molecule has 0 bridgehead atoms. The molecule has 0 aliphatic heterocycles. The molecule has 0 unspecified atom stereocenters. The summed E-state index contributed by atoms with van der Waals surface area (Å²) in [6, 6.07) is 1.54. The fourth-order valence-electron chi connectivity index (χ4n) is 1.59. The molecular formula is C11H19N3O2. The molecule has 1 N–H and O–H groups in total. The molecule has 1 heterocycles. The first-order chi connectivity index (χ1) is 7.57. The van der Waals surface area contributed by atoms with Gasteiger partial charge in [-0.1, -0.05) is 6.92 Å². The van der Waals surface area contributed by atoms with Gasteiger partial charge in [0.05, 0.1) is 0 Å². The molecule has 0 aromatic carbocycles. The molecule has 0 fully saturated rings. The van der Waals surface area contributed by atoms with Gasteiger partial charge in [0.15, 0.2) is 0 Å². The molecule has 0 saturated carbocycles. The van der Waals surface area contributed by atoms with Crippen molar-refractivity contribution >= 4 is 0 Å². The summed E-state index contributed by atoms with van der Waals surface area (Å²) in [5.41, 5.74) is 0.304. The highest BCUT2D eigenvalue weighted by molar-refractivity contribution is 5.02. The van der Waals surface area contributed by atoms with E-state index in [1.807, 2.05) is 6.92 Å². The lowest BCUT2D eigenvalue weighted by atomic mass is 10.2. The van der Waals surface area contributed by atoms with Crippen LogP contribution in [0.15, 0.2) is 15.7 Å². The van der Waals surface area contributed by atoms with E-state index < -0.39 is 0 Å². The summed E-state index contributed by atoms with van der Waals surface area (Å²) in [6.45, 7) is 3.89. The molecule has 5 heteroatoms. The molecule has 1 aromatic heterocycles. The Morgan fingerprint density at radius 3 is 2.56 bits per heavy atom. The second-order valence-corrected chi connectivity index (χ2v) is 3.83. The van der Waals surface area contributed by atoms with Crippen molar-refractivity contribution in [1.29, 1.82) is 0 Å². The normalized spacial score (nSPS) is 10.7. The highest BCUT2D eigenvalue weighted by atomic mass is 16.2. The van der Waals surface area contributed by atoms with Crippen molar-refractivity contribution in [3.8, 4) is 0 Å². The summed E-state index contributed by atoms with van der Waals surface area (Å²) in [4.78, 5) is 23.0. The molecule has 0 radical (unpaired) electrons. The van der Waals surface area contributed by atoms with E-state index in [1.54, 1.807) is 7.05 Å². The van der Waals surface area contributed by atoms with Crippen molar-refractivity contribution in [2.45, 2.75) is 19.8 Å². The van der Waals surface area contributed by atoms with Crippen LogP contribution in [0.3, 0.4) is 0 Å². The van der Waals surface area contributed by atoms with E-state index in [0.717, 1.165) is 36.2 Å². The fourth-order valence-corrected chi connectivity index (χ4v) is 1.59. The smallest absolute Gasteiger partial charge is 0.317 e. The van der Waals surface area contributed by atoms with Gasteiger partial charge in [0.2, 0.25) is 0 Å². The molecule has 16 heavy (non-hydrogen) atoms. The Bertz CT molecular complexity index is 459. The van der Waals surface area contributed by atoms with Gasteiger partial charge in [0, 0.05) is 25.9 Å². The van der Waals surface area contributed by atoms with Crippen molar-refractivity contribution in [2.24, 2.45) is 14.1 Å². The Morgan fingerprint density at radius 2 is 1.94 bits per heavy atom. The zero-order valence-electron chi connectivity index (χ0n) is 10.1. The second-order valence-electron chi connectivity index (χ2n) is 3.83. The average Bonchev–Trinajstić information content (AvgIpc) is 2.28. The Morgan fingerprint density at radius 1 is 1.25 bits per heavy atom. The molecule has 0 spiro atoms. The first kappa shape index (κ1) is 12.7. The number of nitrogens with zero attached hydrogens (tertiary/aromatic N) is 2. The maximum absolute atomic E-state index is 11.6. The van der Waals surface area contributed by atoms with Crippen molar-refractivity contribution in [1.82, 2.24) is 14.5 Å². The topological polar surface area (TPSA) is 56.0 Å². The SMILES string of the molecule is CCNCCCc1cc(=O)n(C)c(=O)n1C. The predicted molar refractivity (Wildman–Crippen MR) is 63.8 cm³/mol. The summed E-state index contributed by atoms with van der Waals surface area (Å²) in [5, 5.41) is 3.21. The Balaban J connectivity index is 2.82. The van der Waals surface area contributed by atoms with Gasteiger partial charge in [-0.2, -0.15) is 0 Å². The molecular weight excluding hydrogens is 206 g/mol. The lowest BCUT2D eigenvalue weighted by Gasteiger charge is -2.09. The third-order valence-corrected chi connectivity index (χ3v) is 2.66. The zero-order chi connectivity index (χ0) is 12.1. The summed E-state index contributed by atoms with van der Waals surface area (Å²) >= 11 is 0. The Kier molecular flexibility index (Phi) is 4.49. The maximum Gasteiger partial charge on any atom is 0.330 e. The number of hydrogen-bond donors (Lipinski definition) is 1. The minimum absolute atomic E-state index is 0.235. The lowest BCUT2D eigenvalue weighted by Crippen LogP contribution is -2.38. The first-order valence-corrected chi connectivity index (χ1v) is 5.54. The Hall–Kier alpha value is -1.36. The van der Waals surface area contributed by atoms with Crippen LogP contribution >= 0.6 is 0 Å². The Labute approximate surface area is 94.7 Å². The molecule has 0 aliphatic carbocycles. The van der Waals surface area contributed by atoms with Crippen molar-refractivity contribution in [3.63, 3.8) is 0 Å². The van der Waals surface area contributed by atoms with Gasteiger partial charge < -0.3 is 9.88 Å². The fraction of sp³-hybridized carbons (Fsp3) is 0.636. The molecule has 0 atom stereocenters. The quantitative estimate of drug-likeness (QED) is 0.695. The highest BCUT2D eigenvalue weighted by Gasteiger charge is 2.04. The van der Waals surface area contributed by atoms with Crippen LogP contribution in [-0.4, -0.2) is 22.2 Å². The number of rotatable bonds is 5. The highest BCUT2D eigenvalue weighted by Crippen LogP contribution is 1.95. The van der Waals surface area contributed by atoms with Gasteiger partial charge in [-0.15, -0.1) is 0 Å². The summed E-state index contributed by atoms with van der Waals surface area (Å²) in [5.74, 6) is 0.